The third-order valence-corrected chi connectivity index (χ3v) is 2.97. The highest BCUT2D eigenvalue weighted by Crippen LogP contribution is 2.21. The molecule has 1 aromatic rings. The van der Waals surface area contributed by atoms with E-state index >= 15 is 0 Å². The number of nitrogens with one attached hydrogen (secondary N) is 1. The minimum atomic E-state index is -0.143. The lowest BCUT2D eigenvalue weighted by Crippen LogP contribution is -2.35. The average molecular weight is 237 g/mol. The van der Waals surface area contributed by atoms with Gasteiger partial charge in [-0.3, -0.25) is 4.79 Å². The fourth-order valence-electron chi connectivity index (χ4n) is 1.79. The van der Waals surface area contributed by atoms with Crippen LogP contribution in [0.5, 0.6) is 0 Å². The van der Waals surface area contributed by atoms with E-state index in [1.54, 1.807) is 6.07 Å². The Balaban J connectivity index is 1.65. The van der Waals surface area contributed by atoms with E-state index in [1.807, 2.05) is 4.90 Å². The highest BCUT2D eigenvalue weighted by Gasteiger charge is 2.26. The van der Waals surface area contributed by atoms with Crippen molar-refractivity contribution in [1.29, 1.82) is 0 Å². The maximum atomic E-state index is 11.7. The van der Waals surface area contributed by atoms with E-state index in [1.165, 1.54) is 0 Å². The zero-order chi connectivity index (χ0) is 11.7. The lowest BCUT2D eigenvalue weighted by Gasteiger charge is -2.25. The van der Waals surface area contributed by atoms with E-state index in [-0.39, 0.29) is 5.91 Å². The van der Waals surface area contributed by atoms with Crippen LogP contribution in [0, 0.1) is 0 Å². The third kappa shape index (κ3) is 2.41. The molecule has 0 spiro atoms. The first kappa shape index (κ1) is 10.6. The number of rotatable bonds is 3. The largest absolute Gasteiger partial charge is 0.378 e. The van der Waals surface area contributed by atoms with Gasteiger partial charge < -0.3 is 19.5 Å². The normalized spacial score (nSPS) is 20.4. The molecule has 0 unspecified atom stereocenters. The van der Waals surface area contributed by atoms with Crippen molar-refractivity contribution in [3.05, 3.63) is 11.8 Å². The first-order valence-corrected chi connectivity index (χ1v) is 5.93. The Morgan fingerprint density at radius 3 is 2.88 bits per heavy atom. The van der Waals surface area contributed by atoms with Crippen molar-refractivity contribution < 1.29 is 14.1 Å². The number of hydrogen-bond donors (Lipinski definition) is 1. The molecule has 2 aliphatic rings. The van der Waals surface area contributed by atoms with Crippen molar-refractivity contribution in [1.82, 2.24) is 10.5 Å². The van der Waals surface area contributed by atoms with Gasteiger partial charge in [0.15, 0.2) is 5.69 Å². The predicted molar refractivity (Wildman–Crippen MR) is 60.0 cm³/mol. The first-order valence-electron chi connectivity index (χ1n) is 5.93. The molecule has 92 valence electrons. The van der Waals surface area contributed by atoms with Gasteiger partial charge in [-0.25, -0.2) is 0 Å². The number of anilines is 1. The molecule has 1 aliphatic heterocycles. The molecule has 2 heterocycles. The zero-order valence-corrected chi connectivity index (χ0v) is 9.52. The van der Waals surface area contributed by atoms with E-state index in [4.69, 9.17) is 9.26 Å². The Morgan fingerprint density at radius 2 is 2.18 bits per heavy atom. The number of amides is 1. The van der Waals surface area contributed by atoms with E-state index in [2.05, 4.69) is 10.5 Å². The average Bonchev–Trinajstić information content (AvgIpc) is 3.04. The van der Waals surface area contributed by atoms with Gasteiger partial charge in [0.2, 0.25) is 5.88 Å². The maximum Gasteiger partial charge on any atom is 0.273 e. The number of carbonyl (C=O) groups is 1. The predicted octanol–water partition coefficient (Wildman–Crippen LogP) is 0.403. The topological polar surface area (TPSA) is 67.6 Å². The van der Waals surface area contributed by atoms with Gasteiger partial charge in [0, 0.05) is 25.2 Å². The van der Waals surface area contributed by atoms with Crippen molar-refractivity contribution in [2.45, 2.75) is 18.9 Å². The van der Waals surface area contributed by atoms with E-state index in [9.17, 15) is 4.79 Å². The lowest BCUT2D eigenvalue weighted by molar-refractivity contribution is 0.0941. The standard InChI is InChI=1S/C11H15N3O3/c15-11(12-8-1-2-8)9-7-10(17-13-9)14-3-5-16-6-4-14/h7-8H,1-6H2,(H,12,15). The van der Waals surface area contributed by atoms with Crippen LogP contribution in [0.2, 0.25) is 0 Å². The van der Waals surface area contributed by atoms with Crippen LogP contribution in [0.3, 0.4) is 0 Å². The molecule has 0 aromatic carbocycles. The maximum absolute atomic E-state index is 11.7. The van der Waals surface area contributed by atoms with E-state index < -0.39 is 0 Å². The molecule has 1 saturated carbocycles. The Hall–Kier alpha value is -1.56. The molecule has 1 amide bonds. The SMILES string of the molecule is O=C(NC1CC1)c1cc(N2CCOCC2)on1. The number of morpholine rings is 1. The number of ether oxygens (including phenoxy) is 1. The van der Waals surface area contributed by atoms with Crippen molar-refractivity contribution >= 4 is 11.8 Å². The molecular weight excluding hydrogens is 222 g/mol. The molecule has 17 heavy (non-hydrogen) atoms. The molecule has 0 radical (unpaired) electrons. The van der Waals surface area contributed by atoms with Gasteiger partial charge in [-0.1, -0.05) is 5.16 Å². The summed E-state index contributed by atoms with van der Waals surface area (Å²) in [5.41, 5.74) is 0.360. The number of carbonyl (C=O) groups excluding carboxylic acids is 1. The highest BCUT2D eigenvalue weighted by atomic mass is 16.5. The quantitative estimate of drug-likeness (QED) is 0.824. The van der Waals surface area contributed by atoms with Gasteiger partial charge in [0.05, 0.1) is 13.2 Å². The Labute approximate surface area is 98.9 Å². The zero-order valence-electron chi connectivity index (χ0n) is 9.52. The smallest absolute Gasteiger partial charge is 0.273 e. The monoisotopic (exact) mass is 237 g/mol. The molecule has 1 saturated heterocycles. The summed E-state index contributed by atoms with van der Waals surface area (Å²) in [6, 6.07) is 2.04. The van der Waals surface area contributed by atoms with Crippen molar-refractivity contribution in [2.75, 3.05) is 31.2 Å². The van der Waals surface area contributed by atoms with Gasteiger partial charge in [0.25, 0.3) is 5.91 Å². The van der Waals surface area contributed by atoms with Crippen LogP contribution >= 0.6 is 0 Å². The summed E-state index contributed by atoms with van der Waals surface area (Å²) in [7, 11) is 0. The second-order valence-electron chi connectivity index (χ2n) is 4.40. The summed E-state index contributed by atoms with van der Waals surface area (Å²) in [6.07, 6.45) is 2.14. The third-order valence-electron chi connectivity index (χ3n) is 2.97. The summed E-state index contributed by atoms with van der Waals surface area (Å²) < 4.78 is 10.4. The van der Waals surface area contributed by atoms with Crippen molar-refractivity contribution in [3.8, 4) is 0 Å². The molecule has 0 bridgehead atoms. The summed E-state index contributed by atoms with van der Waals surface area (Å²) >= 11 is 0. The van der Waals surface area contributed by atoms with E-state index in [0.717, 1.165) is 25.9 Å². The van der Waals surface area contributed by atoms with E-state index in [0.29, 0.717) is 30.8 Å². The Bertz CT molecular complexity index is 408. The molecule has 0 atom stereocenters. The van der Waals surface area contributed by atoms with Crippen molar-refractivity contribution in [2.24, 2.45) is 0 Å². The molecule has 1 aromatic heterocycles. The molecule has 1 aliphatic carbocycles. The van der Waals surface area contributed by atoms with Crippen LogP contribution < -0.4 is 10.2 Å². The highest BCUT2D eigenvalue weighted by molar-refractivity contribution is 5.93. The molecule has 3 rings (SSSR count). The van der Waals surface area contributed by atoms with Gasteiger partial charge in [-0.15, -0.1) is 0 Å². The number of nitrogens with zero attached hydrogens (tertiary/aromatic N) is 2. The van der Waals surface area contributed by atoms with Crippen LogP contribution in [-0.2, 0) is 4.74 Å². The van der Waals surface area contributed by atoms with Gasteiger partial charge in [-0.2, -0.15) is 0 Å². The number of hydrogen-bond acceptors (Lipinski definition) is 5. The summed E-state index contributed by atoms with van der Waals surface area (Å²) in [5.74, 6) is 0.505. The fraction of sp³-hybridized carbons (Fsp3) is 0.636. The van der Waals surface area contributed by atoms with Crippen LogP contribution in [0.4, 0.5) is 5.88 Å². The number of aromatic nitrogens is 1. The molecule has 6 nitrogen and oxygen atoms in total. The molecule has 1 N–H and O–H groups in total. The lowest BCUT2D eigenvalue weighted by atomic mass is 10.3. The first-order chi connectivity index (χ1) is 8.33. The van der Waals surface area contributed by atoms with Crippen LogP contribution in [0.15, 0.2) is 10.6 Å². The molecule has 2 fully saturated rings. The van der Waals surface area contributed by atoms with Crippen LogP contribution in [-0.4, -0.2) is 43.4 Å². The molecule has 6 heteroatoms. The van der Waals surface area contributed by atoms with Gasteiger partial charge in [-0.05, 0) is 12.8 Å². The molecular formula is C11H15N3O3. The second kappa shape index (κ2) is 4.37. The Morgan fingerprint density at radius 1 is 1.41 bits per heavy atom. The minimum Gasteiger partial charge on any atom is -0.378 e. The summed E-state index contributed by atoms with van der Waals surface area (Å²) in [4.78, 5) is 13.7. The van der Waals surface area contributed by atoms with Crippen molar-refractivity contribution in [3.63, 3.8) is 0 Å². The second-order valence-corrected chi connectivity index (χ2v) is 4.40. The van der Waals surface area contributed by atoms with Crippen LogP contribution in [0.25, 0.3) is 0 Å². The summed E-state index contributed by atoms with van der Waals surface area (Å²) in [6.45, 7) is 2.92. The Kier molecular flexibility index (Phi) is 2.72. The summed E-state index contributed by atoms with van der Waals surface area (Å²) in [5, 5.41) is 6.68. The fourth-order valence-corrected chi connectivity index (χ4v) is 1.79. The van der Waals surface area contributed by atoms with Gasteiger partial charge in [0.1, 0.15) is 0 Å². The minimum absolute atomic E-state index is 0.143. The van der Waals surface area contributed by atoms with Gasteiger partial charge >= 0.3 is 0 Å². The van der Waals surface area contributed by atoms with Crippen LogP contribution in [0.1, 0.15) is 23.3 Å².